The molecule has 8 rings (SSSR count). The van der Waals surface area contributed by atoms with E-state index in [1.165, 1.54) is 17.4 Å². The van der Waals surface area contributed by atoms with Crippen LogP contribution < -0.4 is 14.4 Å². The number of halogens is 1. The van der Waals surface area contributed by atoms with Gasteiger partial charge in [0.15, 0.2) is 0 Å². The molecule has 2 bridgehead atoms. The van der Waals surface area contributed by atoms with Crippen LogP contribution in [0, 0.1) is 17.8 Å². The number of methoxy groups -OCH3 is 1. The lowest BCUT2D eigenvalue weighted by atomic mass is 9.63. The van der Waals surface area contributed by atoms with Crippen molar-refractivity contribution < 1.29 is 31.1 Å². The molecule has 1 amide bonds. The van der Waals surface area contributed by atoms with Gasteiger partial charge in [-0.15, -0.1) is 0 Å². The zero-order valence-corrected chi connectivity index (χ0v) is 36.2. The molecule has 3 fully saturated rings. The van der Waals surface area contributed by atoms with Crippen LogP contribution in [-0.2, 0) is 36.4 Å². The number of benzene rings is 2. The molecule has 0 aromatic heterocycles. The monoisotopic (exact) mass is 842 g/mol. The molecule has 8 atom stereocenters. The Labute approximate surface area is 344 Å². The van der Waals surface area contributed by atoms with Crippen molar-refractivity contribution in [2.45, 2.75) is 92.8 Å². The van der Waals surface area contributed by atoms with Crippen molar-refractivity contribution in [3.63, 3.8) is 0 Å². The number of hydrogen-bond acceptors (Lipinski definition) is 10. The highest BCUT2D eigenvalue weighted by Crippen LogP contribution is 2.49. The van der Waals surface area contributed by atoms with Gasteiger partial charge in [0.25, 0.3) is 5.91 Å². The van der Waals surface area contributed by atoms with Crippen LogP contribution in [0.1, 0.15) is 80.3 Å². The van der Waals surface area contributed by atoms with Crippen molar-refractivity contribution in [1.29, 1.82) is 0 Å². The van der Waals surface area contributed by atoms with Gasteiger partial charge in [0.1, 0.15) is 21.2 Å². The summed E-state index contributed by atoms with van der Waals surface area (Å²) in [6.07, 6.45) is 12.4. The smallest absolute Gasteiger partial charge is 0.264 e. The number of piperazine rings is 1. The van der Waals surface area contributed by atoms with E-state index in [0.29, 0.717) is 51.3 Å². The number of nitrogens with zero attached hydrogens (tertiary/aromatic N) is 3. The van der Waals surface area contributed by atoms with Gasteiger partial charge in [-0.1, -0.05) is 36.7 Å². The molecule has 2 aromatic rings. The summed E-state index contributed by atoms with van der Waals surface area (Å²) in [6, 6.07) is 11.7. The molecule has 1 unspecified atom stereocenters. The zero-order valence-electron chi connectivity index (χ0n) is 33.8. The van der Waals surface area contributed by atoms with Gasteiger partial charge in [0, 0.05) is 74.7 Å². The molecule has 2 aromatic carbocycles. The van der Waals surface area contributed by atoms with Gasteiger partial charge in [-0.2, -0.15) is 0 Å². The van der Waals surface area contributed by atoms with Crippen molar-refractivity contribution in [3.8, 4) is 5.75 Å². The SMILES string of the molecule is CO[C@@]1(CN2CCN3CCC(S(C)(=O)=O)C[C@@H]3C2)/C=C/C[C@H](C)[C@@H](C)S(=O)(=O)NC(=O)c2ccc3c(c2)N(C[C@@H]2CC[C@H]21)C[C@@]1(CCCc2cc(Cl)ccc21)CO3. The van der Waals surface area contributed by atoms with Crippen molar-refractivity contribution in [2.24, 2.45) is 17.8 Å². The van der Waals surface area contributed by atoms with Crippen LogP contribution in [0.4, 0.5) is 5.69 Å². The summed E-state index contributed by atoms with van der Waals surface area (Å²) < 4.78 is 68.4. The van der Waals surface area contributed by atoms with E-state index >= 15 is 0 Å². The van der Waals surface area contributed by atoms with Gasteiger partial charge in [-0.05, 0) is 124 Å². The Bertz CT molecular complexity index is 2120. The molecule has 1 N–H and O–H groups in total. The number of carbonyl (C=O) groups is 1. The maximum absolute atomic E-state index is 13.7. The molecule has 57 heavy (non-hydrogen) atoms. The molecule has 312 valence electrons. The van der Waals surface area contributed by atoms with Gasteiger partial charge < -0.3 is 14.4 Å². The largest absolute Gasteiger partial charge is 0.490 e. The fourth-order valence-electron chi connectivity index (χ4n) is 10.9. The standard InChI is InChI=1S/C43H59ClN4O7S2/c1-29-7-5-17-43(54-3,27-46-19-20-47-18-15-36(56(4,50)51)23-35(47)25-46)38-12-9-33(38)24-48-26-42(16-6-8-31-21-34(44)11-13-37(31)42)28-55-40-14-10-32(22-39(40)48)41(49)45-57(52,53)30(29)2/h5,10-11,13-14,17,21-22,29-30,33,35-36,38H,6-9,12,15-16,18-20,23-28H2,1-4H3,(H,45,49)/b17-5+/t29-,30+,33-,35+,36?,38+,42-,43+/m0/s1. The minimum Gasteiger partial charge on any atom is -0.490 e. The second-order valence-electron chi connectivity index (χ2n) is 18.1. The highest BCUT2D eigenvalue weighted by Gasteiger charge is 2.50. The third-order valence-corrected chi connectivity index (χ3v) is 18.4. The second kappa shape index (κ2) is 15.7. The van der Waals surface area contributed by atoms with E-state index < -0.39 is 36.6 Å². The summed E-state index contributed by atoms with van der Waals surface area (Å²) in [4.78, 5) is 21.0. The predicted molar refractivity (Wildman–Crippen MR) is 225 cm³/mol. The molecule has 6 aliphatic rings. The summed E-state index contributed by atoms with van der Waals surface area (Å²) in [5.41, 5.74) is 2.62. The maximum atomic E-state index is 13.7. The molecule has 2 saturated heterocycles. The molecule has 0 radical (unpaired) electrons. The number of hydrogen-bond donors (Lipinski definition) is 1. The van der Waals surface area contributed by atoms with Crippen LogP contribution in [0.3, 0.4) is 0 Å². The van der Waals surface area contributed by atoms with Gasteiger partial charge in [-0.3, -0.25) is 14.6 Å². The summed E-state index contributed by atoms with van der Waals surface area (Å²) >= 11 is 6.51. The number of allylic oxidation sites excluding steroid dienone is 1. The highest BCUT2D eigenvalue weighted by atomic mass is 35.5. The minimum absolute atomic E-state index is 0.169. The van der Waals surface area contributed by atoms with Crippen LogP contribution >= 0.6 is 11.6 Å². The Kier molecular flexibility index (Phi) is 11.3. The first-order valence-electron chi connectivity index (χ1n) is 20.8. The van der Waals surface area contributed by atoms with Crippen molar-refractivity contribution in [2.75, 3.05) is 70.7 Å². The molecular formula is C43H59ClN4O7S2. The third kappa shape index (κ3) is 8.02. The van der Waals surface area contributed by atoms with Gasteiger partial charge in [0.05, 0.1) is 22.8 Å². The number of amides is 1. The van der Waals surface area contributed by atoms with Crippen LogP contribution in [0.15, 0.2) is 48.6 Å². The summed E-state index contributed by atoms with van der Waals surface area (Å²) in [7, 11) is -5.32. The maximum Gasteiger partial charge on any atom is 0.264 e. The molecular weight excluding hydrogens is 784 g/mol. The number of fused-ring (bicyclic) bond motifs is 5. The number of anilines is 1. The molecule has 14 heteroatoms. The van der Waals surface area contributed by atoms with Crippen LogP contribution in [0.25, 0.3) is 0 Å². The Morgan fingerprint density at radius 1 is 1.05 bits per heavy atom. The van der Waals surface area contributed by atoms with E-state index in [2.05, 4.69) is 43.7 Å². The first-order chi connectivity index (χ1) is 27.1. The number of aryl methyl sites for hydroxylation is 1. The van der Waals surface area contributed by atoms with E-state index in [0.717, 1.165) is 69.0 Å². The summed E-state index contributed by atoms with van der Waals surface area (Å²) in [6.45, 7) is 9.44. The minimum atomic E-state index is -4.00. The number of piperidine rings is 1. The Morgan fingerprint density at radius 3 is 2.63 bits per heavy atom. The van der Waals surface area contributed by atoms with E-state index in [1.807, 2.05) is 25.1 Å². The topological polar surface area (TPSA) is 126 Å². The highest BCUT2D eigenvalue weighted by molar-refractivity contribution is 7.91. The number of ether oxygens (including phenoxy) is 2. The molecule has 11 nitrogen and oxygen atoms in total. The fraction of sp³-hybridized carbons (Fsp3) is 0.651. The van der Waals surface area contributed by atoms with E-state index in [-0.39, 0.29) is 40.0 Å². The van der Waals surface area contributed by atoms with E-state index in [4.69, 9.17) is 21.1 Å². The normalized spacial score (nSPS) is 35.4. The number of rotatable bonds is 4. The Balaban J connectivity index is 1.17. The van der Waals surface area contributed by atoms with Crippen molar-refractivity contribution >= 4 is 43.1 Å². The zero-order chi connectivity index (χ0) is 40.3. The van der Waals surface area contributed by atoms with Crippen molar-refractivity contribution in [1.82, 2.24) is 14.5 Å². The van der Waals surface area contributed by atoms with Gasteiger partial charge in [0.2, 0.25) is 10.0 Å². The average Bonchev–Trinajstić information content (AvgIpc) is 3.31. The summed E-state index contributed by atoms with van der Waals surface area (Å²) in [5.74, 6) is 0.200. The van der Waals surface area contributed by atoms with Crippen molar-refractivity contribution in [3.05, 3.63) is 70.3 Å². The second-order valence-corrected chi connectivity index (χ2v) is 22.9. The van der Waals surface area contributed by atoms with E-state index in [1.54, 1.807) is 20.1 Å². The average molecular weight is 844 g/mol. The van der Waals surface area contributed by atoms with Crippen LogP contribution in [0.5, 0.6) is 5.75 Å². The Hall–Kier alpha value is -2.68. The molecule has 4 aliphatic heterocycles. The number of carbonyl (C=O) groups excluding carboxylic acids is 1. The first kappa shape index (κ1) is 41.1. The lowest BCUT2D eigenvalue weighted by Gasteiger charge is -2.53. The quantitative estimate of drug-likeness (QED) is 0.397. The third-order valence-electron chi connectivity index (χ3n) is 14.7. The first-order valence-corrected chi connectivity index (χ1v) is 24.7. The van der Waals surface area contributed by atoms with Gasteiger partial charge in [-0.25, -0.2) is 21.6 Å². The number of sulfone groups is 1. The Morgan fingerprint density at radius 2 is 1.88 bits per heavy atom. The van der Waals surface area contributed by atoms with E-state index in [9.17, 15) is 21.6 Å². The lowest BCUT2D eigenvalue weighted by Crippen LogP contribution is -2.62. The molecule has 4 heterocycles. The summed E-state index contributed by atoms with van der Waals surface area (Å²) in [5, 5.41) is -0.408. The fourth-order valence-corrected chi connectivity index (χ4v) is 13.5. The molecule has 1 spiro atoms. The number of sulfonamides is 1. The lowest BCUT2D eigenvalue weighted by molar-refractivity contribution is -0.1000. The predicted octanol–water partition coefficient (Wildman–Crippen LogP) is 5.46. The van der Waals surface area contributed by atoms with Gasteiger partial charge >= 0.3 is 0 Å². The van der Waals surface area contributed by atoms with Crippen LogP contribution in [0.2, 0.25) is 5.02 Å². The molecule has 2 aliphatic carbocycles. The van der Waals surface area contributed by atoms with Crippen LogP contribution in [-0.4, -0.2) is 120 Å². The molecule has 1 saturated carbocycles. The number of nitrogens with one attached hydrogen (secondary N) is 1.